The van der Waals surface area contributed by atoms with Crippen LogP contribution in [0, 0.1) is 4.77 Å². The second kappa shape index (κ2) is 8.13. The van der Waals surface area contributed by atoms with Gasteiger partial charge in [0.1, 0.15) is 17.5 Å². The summed E-state index contributed by atoms with van der Waals surface area (Å²) in [5.74, 6) is 0.756. The number of imidazole rings is 1. The zero-order valence-corrected chi connectivity index (χ0v) is 17.4. The SMILES string of the molecule is CCN1CC(CN(C)C(=O)c2c[nH]c(=S)n2-c2ccccc2)Oc2ccccc21. The third kappa shape index (κ3) is 3.78. The van der Waals surface area contributed by atoms with Crippen molar-refractivity contribution in [2.45, 2.75) is 13.0 Å². The fourth-order valence-corrected chi connectivity index (χ4v) is 3.98. The summed E-state index contributed by atoms with van der Waals surface area (Å²) in [6.07, 6.45) is 1.56. The molecule has 0 spiro atoms. The number of benzene rings is 2. The van der Waals surface area contributed by atoms with Gasteiger partial charge in [0.15, 0.2) is 4.77 Å². The van der Waals surface area contributed by atoms with Gasteiger partial charge in [0.25, 0.3) is 5.91 Å². The molecule has 1 aromatic heterocycles. The minimum Gasteiger partial charge on any atom is -0.485 e. The third-order valence-electron chi connectivity index (χ3n) is 5.14. The van der Waals surface area contributed by atoms with Gasteiger partial charge in [0.05, 0.1) is 18.8 Å². The van der Waals surface area contributed by atoms with Crippen molar-refractivity contribution < 1.29 is 9.53 Å². The molecule has 1 unspecified atom stereocenters. The Bertz CT molecular complexity index is 1060. The van der Waals surface area contributed by atoms with Crippen LogP contribution >= 0.6 is 12.2 Å². The average Bonchev–Trinajstić information content (AvgIpc) is 3.14. The van der Waals surface area contributed by atoms with Crippen molar-refractivity contribution in [3.8, 4) is 11.4 Å². The molecule has 0 fully saturated rings. The number of aromatic nitrogens is 2. The summed E-state index contributed by atoms with van der Waals surface area (Å²) < 4.78 is 8.43. The van der Waals surface area contributed by atoms with E-state index in [1.54, 1.807) is 22.7 Å². The standard InChI is InChI=1S/C22H24N4O2S/c1-3-25-15-17(28-20-12-8-7-11-18(20)25)14-24(2)21(27)19-13-23-22(29)26(19)16-9-5-4-6-10-16/h4-13,17H,3,14-15H2,1-2H3,(H,23,29). The third-order valence-corrected chi connectivity index (χ3v) is 5.44. The number of anilines is 1. The van der Waals surface area contributed by atoms with Gasteiger partial charge in [0, 0.05) is 25.5 Å². The fourth-order valence-electron chi connectivity index (χ4n) is 3.72. The molecule has 1 atom stereocenters. The van der Waals surface area contributed by atoms with E-state index in [0.29, 0.717) is 17.0 Å². The Morgan fingerprint density at radius 3 is 2.69 bits per heavy atom. The Morgan fingerprint density at radius 1 is 1.21 bits per heavy atom. The van der Waals surface area contributed by atoms with Gasteiger partial charge < -0.3 is 19.5 Å². The Labute approximate surface area is 175 Å². The number of aromatic amines is 1. The van der Waals surface area contributed by atoms with E-state index < -0.39 is 0 Å². The summed E-state index contributed by atoms with van der Waals surface area (Å²) in [5, 5.41) is 0. The fraction of sp³-hybridized carbons (Fsp3) is 0.273. The van der Waals surface area contributed by atoms with Crippen molar-refractivity contribution >= 4 is 23.8 Å². The van der Waals surface area contributed by atoms with Gasteiger partial charge in [-0.2, -0.15) is 0 Å². The number of hydrogen-bond donors (Lipinski definition) is 1. The van der Waals surface area contributed by atoms with Crippen LogP contribution in [-0.2, 0) is 0 Å². The molecule has 150 valence electrons. The Hall–Kier alpha value is -3.06. The lowest BCUT2D eigenvalue weighted by Gasteiger charge is -2.37. The Morgan fingerprint density at radius 2 is 1.93 bits per heavy atom. The molecule has 0 radical (unpaired) electrons. The second-order valence-electron chi connectivity index (χ2n) is 7.08. The van der Waals surface area contributed by atoms with E-state index in [1.807, 2.05) is 48.5 Å². The lowest BCUT2D eigenvalue weighted by atomic mass is 10.1. The van der Waals surface area contributed by atoms with Gasteiger partial charge in [-0.25, -0.2) is 0 Å². The molecule has 7 heteroatoms. The highest BCUT2D eigenvalue weighted by Gasteiger charge is 2.28. The molecular weight excluding hydrogens is 384 g/mol. The summed E-state index contributed by atoms with van der Waals surface area (Å²) in [6.45, 7) is 4.24. The van der Waals surface area contributed by atoms with Gasteiger partial charge in [-0.05, 0) is 43.4 Å². The highest BCUT2D eigenvalue weighted by molar-refractivity contribution is 7.71. The number of hydrogen-bond acceptors (Lipinski definition) is 4. The Balaban J connectivity index is 1.54. The van der Waals surface area contributed by atoms with Crippen molar-refractivity contribution in [3.05, 3.63) is 71.3 Å². The number of H-pyrrole nitrogens is 1. The summed E-state index contributed by atoms with van der Waals surface area (Å²) >= 11 is 5.40. The number of likely N-dealkylation sites (N-methyl/N-ethyl adjacent to an activating group) is 2. The monoisotopic (exact) mass is 408 g/mol. The largest absolute Gasteiger partial charge is 0.485 e. The van der Waals surface area contributed by atoms with Crippen LogP contribution in [0.3, 0.4) is 0 Å². The maximum absolute atomic E-state index is 13.2. The molecule has 0 saturated heterocycles. The maximum Gasteiger partial charge on any atom is 0.272 e. The highest BCUT2D eigenvalue weighted by Crippen LogP contribution is 2.33. The van der Waals surface area contributed by atoms with Crippen molar-refractivity contribution in [3.63, 3.8) is 0 Å². The summed E-state index contributed by atoms with van der Waals surface area (Å²) in [4.78, 5) is 20.2. The lowest BCUT2D eigenvalue weighted by Crippen LogP contribution is -2.47. The smallest absolute Gasteiger partial charge is 0.272 e. The van der Waals surface area contributed by atoms with E-state index >= 15 is 0 Å². The van der Waals surface area contributed by atoms with Gasteiger partial charge in [-0.3, -0.25) is 9.36 Å². The van der Waals surface area contributed by atoms with Crippen LogP contribution < -0.4 is 9.64 Å². The molecule has 6 nitrogen and oxygen atoms in total. The summed E-state index contributed by atoms with van der Waals surface area (Å²) in [6, 6.07) is 17.7. The van der Waals surface area contributed by atoms with Crippen LogP contribution in [0.1, 0.15) is 17.4 Å². The topological polar surface area (TPSA) is 53.5 Å². The van der Waals surface area contributed by atoms with Gasteiger partial charge >= 0.3 is 0 Å². The number of amides is 1. The molecule has 4 rings (SSSR count). The molecule has 0 bridgehead atoms. The molecule has 2 aromatic carbocycles. The van der Waals surface area contributed by atoms with Crippen molar-refractivity contribution in [1.29, 1.82) is 0 Å². The molecule has 29 heavy (non-hydrogen) atoms. The average molecular weight is 409 g/mol. The van der Waals surface area contributed by atoms with E-state index in [4.69, 9.17) is 17.0 Å². The first-order valence-electron chi connectivity index (χ1n) is 9.70. The van der Waals surface area contributed by atoms with Crippen molar-refractivity contribution in [1.82, 2.24) is 14.5 Å². The zero-order valence-electron chi connectivity index (χ0n) is 16.5. The molecule has 1 aliphatic rings. The number of carbonyl (C=O) groups excluding carboxylic acids is 1. The Kier molecular flexibility index (Phi) is 5.40. The van der Waals surface area contributed by atoms with Crippen molar-refractivity contribution in [2.24, 2.45) is 0 Å². The first-order chi connectivity index (χ1) is 14.1. The summed E-state index contributed by atoms with van der Waals surface area (Å²) in [7, 11) is 1.80. The molecular formula is C22H24N4O2S. The van der Waals surface area contributed by atoms with E-state index in [-0.39, 0.29) is 12.0 Å². The lowest BCUT2D eigenvalue weighted by molar-refractivity contribution is 0.0702. The van der Waals surface area contributed by atoms with Crippen LogP contribution in [0.2, 0.25) is 0 Å². The molecule has 2 heterocycles. The van der Waals surface area contributed by atoms with Crippen LogP contribution in [0.25, 0.3) is 5.69 Å². The minimum atomic E-state index is -0.106. The van der Waals surface area contributed by atoms with Gasteiger partial charge in [-0.1, -0.05) is 30.3 Å². The van der Waals surface area contributed by atoms with Crippen LogP contribution in [-0.4, -0.2) is 53.1 Å². The number of rotatable bonds is 5. The van der Waals surface area contributed by atoms with Gasteiger partial charge in [0.2, 0.25) is 0 Å². The molecule has 0 aliphatic carbocycles. The first-order valence-corrected chi connectivity index (χ1v) is 10.1. The number of carbonyl (C=O) groups is 1. The molecule has 1 aliphatic heterocycles. The van der Waals surface area contributed by atoms with Crippen LogP contribution in [0.4, 0.5) is 5.69 Å². The van der Waals surface area contributed by atoms with Crippen LogP contribution in [0.15, 0.2) is 60.8 Å². The number of fused-ring (bicyclic) bond motifs is 1. The quantitative estimate of drug-likeness (QED) is 0.651. The predicted molar refractivity (Wildman–Crippen MR) is 117 cm³/mol. The van der Waals surface area contributed by atoms with E-state index in [9.17, 15) is 4.79 Å². The normalized spacial score (nSPS) is 15.5. The van der Waals surface area contributed by atoms with E-state index in [2.05, 4.69) is 22.9 Å². The number of nitrogens with zero attached hydrogens (tertiary/aromatic N) is 3. The van der Waals surface area contributed by atoms with Crippen molar-refractivity contribution in [2.75, 3.05) is 31.6 Å². The van der Waals surface area contributed by atoms with E-state index in [1.165, 1.54) is 0 Å². The minimum absolute atomic E-state index is 0.105. The second-order valence-corrected chi connectivity index (χ2v) is 7.47. The van der Waals surface area contributed by atoms with Gasteiger partial charge in [-0.15, -0.1) is 0 Å². The molecule has 1 N–H and O–H groups in total. The molecule has 3 aromatic rings. The highest BCUT2D eigenvalue weighted by atomic mass is 32.1. The molecule has 1 amide bonds. The summed E-state index contributed by atoms with van der Waals surface area (Å²) in [5.41, 5.74) is 2.46. The van der Waals surface area contributed by atoms with Crippen LogP contribution in [0.5, 0.6) is 5.75 Å². The first kappa shape index (κ1) is 19.3. The zero-order chi connectivity index (χ0) is 20.4. The van der Waals surface area contributed by atoms with E-state index in [0.717, 1.165) is 30.2 Å². The maximum atomic E-state index is 13.2. The molecule has 0 saturated carbocycles. The predicted octanol–water partition coefficient (Wildman–Crippen LogP) is 3.89. The number of nitrogens with one attached hydrogen (secondary N) is 1. The number of ether oxygens (including phenoxy) is 1. The number of para-hydroxylation sites is 3.